The molecular formula is C11H15N3O2S. The van der Waals surface area contributed by atoms with Crippen molar-refractivity contribution in [2.75, 3.05) is 10.5 Å². The quantitative estimate of drug-likeness (QED) is 0.904. The summed E-state index contributed by atoms with van der Waals surface area (Å²) in [4.78, 5) is 0. The molecule has 2 rings (SSSR count). The number of hydrogen-bond donors (Lipinski definition) is 1. The third-order valence-corrected chi connectivity index (χ3v) is 3.92. The van der Waals surface area contributed by atoms with Crippen LogP contribution in [0.3, 0.4) is 0 Å². The molecule has 0 atom stereocenters. The average molecular weight is 253 g/mol. The number of fused-ring (bicyclic) bond motifs is 1. The van der Waals surface area contributed by atoms with E-state index in [0.717, 1.165) is 17.4 Å². The normalized spacial score (nSPS) is 11.9. The molecular weight excluding hydrogens is 238 g/mol. The van der Waals surface area contributed by atoms with Crippen LogP contribution in [-0.2, 0) is 16.6 Å². The molecule has 0 bridgehead atoms. The molecule has 0 spiro atoms. The Balaban J connectivity index is 2.52. The molecule has 0 saturated carbocycles. The molecule has 1 aromatic carbocycles. The van der Waals surface area contributed by atoms with E-state index >= 15 is 0 Å². The zero-order valence-corrected chi connectivity index (χ0v) is 10.7. The largest absolute Gasteiger partial charge is 0.283 e. The highest BCUT2D eigenvalue weighted by Crippen LogP contribution is 2.23. The summed E-state index contributed by atoms with van der Waals surface area (Å²) >= 11 is 0. The van der Waals surface area contributed by atoms with Gasteiger partial charge in [0.15, 0.2) is 0 Å². The van der Waals surface area contributed by atoms with Gasteiger partial charge in [0.1, 0.15) is 0 Å². The Bertz CT molecular complexity index is 631. The van der Waals surface area contributed by atoms with Gasteiger partial charge in [0.05, 0.1) is 23.2 Å². The van der Waals surface area contributed by atoms with Crippen LogP contribution in [0.5, 0.6) is 0 Å². The van der Waals surface area contributed by atoms with Crippen LogP contribution in [-0.4, -0.2) is 24.0 Å². The summed E-state index contributed by atoms with van der Waals surface area (Å²) in [6.45, 7) is 4.36. The Morgan fingerprint density at radius 2 is 2.12 bits per heavy atom. The van der Waals surface area contributed by atoms with Gasteiger partial charge in [-0.2, -0.15) is 5.10 Å². The number of aryl methyl sites for hydroxylation is 1. The third kappa shape index (κ3) is 2.26. The lowest BCUT2D eigenvalue weighted by atomic mass is 10.2. The fourth-order valence-corrected chi connectivity index (χ4v) is 2.34. The van der Waals surface area contributed by atoms with E-state index in [9.17, 15) is 8.42 Å². The summed E-state index contributed by atoms with van der Waals surface area (Å²) in [7, 11) is -3.25. The number of sulfonamides is 1. The first kappa shape index (κ1) is 11.9. The monoisotopic (exact) mass is 253 g/mol. The van der Waals surface area contributed by atoms with Crippen LogP contribution in [0.25, 0.3) is 10.9 Å². The molecule has 6 heteroatoms. The zero-order chi connectivity index (χ0) is 12.5. The third-order valence-electron chi connectivity index (χ3n) is 2.63. The van der Waals surface area contributed by atoms with E-state index in [2.05, 4.69) is 9.82 Å². The van der Waals surface area contributed by atoms with E-state index < -0.39 is 10.0 Å². The lowest BCUT2D eigenvalue weighted by Crippen LogP contribution is -2.14. The van der Waals surface area contributed by atoms with Crippen molar-refractivity contribution in [3.8, 4) is 0 Å². The topological polar surface area (TPSA) is 64.0 Å². The SMILES string of the molecule is CCn1ncc2c(NS(=O)(=O)CC)cccc21. The van der Waals surface area contributed by atoms with Gasteiger partial charge in [-0.15, -0.1) is 0 Å². The molecule has 5 nitrogen and oxygen atoms in total. The zero-order valence-electron chi connectivity index (χ0n) is 9.84. The molecule has 1 heterocycles. The van der Waals surface area contributed by atoms with Gasteiger partial charge < -0.3 is 0 Å². The Labute approximate surface area is 100 Å². The second-order valence-electron chi connectivity index (χ2n) is 3.70. The van der Waals surface area contributed by atoms with Crippen molar-refractivity contribution in [2.24, 2.45) is 0 Å². The molecule has 2 aromatic rings. The van der Waals surface area contributed by atoms with Crippen LogP contribution in [0.4, 0.5) is 5.69 Å². The lowest BCUT2D eigenvalue weighted by Gasteiger charge is -2.07. The molecule has 1 N–H and O–H groups in total. The molecule has 17 heavy (non-hydrogen) atoms. The number of aromatic nitrogens is 2. The predicted octanol–water partition coefficient (Wildman–Crippen LogP) is 1.82. The molecule has 0 saturated heterocycles. The van der Waals surface area contributed by atoms with Crippen LogP contribution in [0.15, 0.2) is 24.4 Å². The first-order chi connectivity index (χ1) is 8.07. The van der Waals surface area contributed by atoms with Crippen LogP contribution in [0.1, 0.15) is 13.8 Å². The van der Waals surface area contributed by atoms with Gasteiger partial charge in [-0.1, -0.05) is 6.07 Å². The van der Waals surface area contributed by atoms with Gasteiger partial charge in [-0.25, -0.2) is 8.42 Å². The maximum Gasteiger partial charge on any atom is 0.232 e. The number of nitrogens with one attached hydrogen (secondary N) is 1. The van der Waals surface area contributed by atoms with Gasteiger partial charge in [-0.05, 0) is 26.0 Å². The van der Waals surface area contributed by atoms with Crippen molar-refractivity contribution in [3.63, 3.8) is 0 Å². The second kappa shape index (κ2) is 4.37. The number of anilines is 1. The summed E-state index contributed by atoms with van der Waals surface area (Å²) in [5.41, 5.74) is 1.52. The number of nitrogens with zero attached hydrogens (tertiary/aromatic N) is 2. The van der Waals surface area contributed by atoms with E-state index in [1.54, 1.807) is 19.2 Å². The summed E-state index contributed by atoms with van der Waals surface area (Å²) < 4.78 is 27.5. The van der Waals surface area contributed by atoms with Gasteiger partial charge in [0.25, 0.3) is 0 Å². The van der Waals surface area contributed by atoms with Crippen molar-refractivity contribution in [2.45, 2.75) is 20.4 Å². The molecule has 0 unspecified atom stereocenters. The lowest BCUT2D eigenvalue weighted by molar-refractivity contribution is 0.602. The molecule has 0 radical (unpaired) electrons. The minimum Gasteiger partial charge on any atom is -0.283 e. The first-order valence-electron chi connectivity index (χ1n) is 5.52. The highest BCUT2D eigenvalue weighted by Gasteiger charge is 2.11. The van der Waals surface area contributed by atoms with E-state index in [0.29, 0.717) is 5.69 Å². The Morgan fingerprint density at radius 1 is 1.35 bits per heavy atom. The van der Waals surface area contributed by atoms with Crippen LogP contribution >= 0.6 is 0 Å². The highest BCUT2D eigenvalue weighted by atomic mass is 32.2. The van der Waals surface area contributed by atoms with Gasteiger partial charge >= 0.3 is 0 Å². The molecule has 0 fully saturated rings. The van der Waals surface area contributed by atoms with Crippen molar-refractivity contribution in [1.29, 1.82) is 0 Å². The molecule has 0 aliphatic heterocycles. The van der Waals surface area contributed by atoms with E-state index in [-0.39, 0.29) is 5.75 Å². The Kier molecular flexibility index (Phi) is 3.06. The van der Waals surface area contributed by atoms with Crippen LogP contribution in [0, 0.1) is 0 Å². The Hall–Kier alpha value is -1.56. The maximum absolute atomic E-state index is 11.6. The fourth-order valence-electron chi connectivity index (χ4n) is 1.68. The smallest absolute Gasteiger partial charge is 0.232 e. The average Bonchev–Trinajstić information content (AvgIpc) is 2.73. The molecule has 92 valence electrons. The van der Waals surface area contributed by atoms with Crippen molar-refractivity contribution < 1.29 is 8.42 Å². The van der Waals surface area contributed by atoms with E-state index in [1.807, 2.05) is 23.7 Å². The van der Waals surface area contributed by atoms with Crippen LogP contribution < -0.4 is 4.72 Å². The van der Waals surface area contributed by atoms with Crippen molar-refractivity contribution in [1.82, 2.24) is 9.78 Å². The summed E-state index contributed by atoms with van der Waals surface area (Å²) in [6.07, 6.45) is 1.69. The molecule has 1 aromatic heterocycles. The number of hydrogen-bond acceptors (Lipinski definition) is 3. The fraction of sp³-hybridized carbons (Fsp3) is 0.364. The van der Waals surface area contributed by atoms with E-state index in [4.69, 9.17) is 0 Å². The van der Waals surface area contributed by atoms with Crippen LogP contribution in [0.2, 0.25) is 0 Å². The number of rotatable bonds is 4. The summed E-state index contributed by atoms with van der Waals surface area (Å²) in [6, 6.07) is 5.50. The molecule has 0 aliphatic carbocycles. The second-order valence-corrected chi connectivity index (χ2v) is 5.72. The first-order valence-corrected chi connectivity index (χ1v) is 7.17. The minimum atomic E-state index is -3.25. The Morgan fingerprint density at radius 3 is 2.76 bits per heavy atom. The highest BCUT2D eigenvalue weighted by molar-refractivity contribution is 7.92. The van der Waals surface area contributed by atoms with Crippen molar-refractivity contribution in [3.05, 3.63) is 24.4 Å². The predicted molar refractivity (Wildman–Crippen MR) is 68.5 cm³/mol. The number of benzene rings is 1. The molecule has 0 aliphatic rings. The summed E-state index contributed by atoms with van der Waals surface area (Å²) in [5, 5.41) is 5.04. The molecule has 0 amide bonds. The van der Waals surface area contributed by atoms with Gasteiger partial charge in [-0.3, -0.25) is 9.40 Å². The summed E-state index contributed by atoms with van der Waals surface area (Å²) in [5.74, 6) is 0.0608. The standard InChI is InChI=1S/C11H15N3O2S/c1-3-14-11-7-5-6-10(9(11)8-12-14)13-17(15,16)4-2/h5-8,13H,3-4H2,1-2H3. The maximum atomic E-state index is 11.6. The van der Waals surface area contributed by atoms with E-state index in [1.165, 1.54) is 0 Å². The van der Waals surface area contributed by atoms with Gasteiger partial charge in [0.2, 0.25) is 10.0 Å². The minimum absolute atomic E-state index is 0.0608. The van der Waals surface area contributed by atoms with Gasteiger partial charge in [0, 0.05) is 11.9 Å². The van der Waals surface area contributed by atoms with Crippen molar-refractivity contribution >= 4 is 26.6 Å².